The van der Waals surface area contributed by atoms with Crippen molar-refractivity contribution in [3.63, 3.8) is 0 Å². The molecule has 0 saturated carbocycles. The third-order valence-corrected chi connectivity index (χ3v) is 4.26. The van der Waals surface area contributed by atoms with Crippen LogP contribution in [-0.2, 0) is 9.53 Å². The molecule has 122 valence electrons. The number of rotatable bonds is 6. The maximum Gasteiger partial charge on any atom is 0.237 e. The molecule has 1 unspecified atom stereocenters. The highest BCUT2D eigenvalue weighted by Crippen LogP contribution is 2.30. The van der Waals surface area contributed by atoms with Gasteiger partial charge in [0, 0.05) is 20.2 Å². The molecule has 4 heteroatoms. The first-order chi connectivity index (χ1) is 10.7. The van der Waals surface area contributed by atoms with E-state index in [4.69, 9.17) is 4.74 Å². The number of hydrogen-bond acceptors (Lipinski definition) is 3. The van der Waals surface area contributed by atoms with Crippen molar-refractivity contribution in [1.29, 1.82) is 0 Å². The van der Waals surface area contributed by atoms with E-state index >= 15 is 0 Å². The Morgan fingerprint density at radius 2 is 2.23 bits per heavy atom. The molecule has 1 aliphatic heterocycles. The van der Waals surface area contributed by atoms with Crippen LogP contribution in [-0.4, -0.2) is 44.2 Å². The fraction of sp³-hybridized carbons (Fsp3) is 0.611. The first-order valence-electron chi connectivity index (χ1n) is 8.28. The Morgan fingerprint density at radius 1 is 1.36 bits per heavy atom. The van der Waals surface area contributed by atoms with Crippen LogP contribution in [0.1, 0.15) is 42.9 Å². The summed E-state index contributed by atoms with van der Waals surface area (Å²) in [4.78, 5) is 14.7. The van der Waals surface area contributed by atoms with Gasteiger partial charge >= 0.3 is 0 Å². The Morgan fingerprint density at radius 3 is 3.00 bits per heavy atom. The molecule has 1 fully saturated rings. The third kappa shape index (κ3) is 4.82. The van der Waals surface area contributed by atoms with Crippen LogP contribution in [0.5, 0.6) is 0 Å². The number of methoxy groups -OCH3 is 1. The molecule has 1 aromatic rings. The molecule has 1 aromatic carbocycles. The fourth-order valence-electron chi connectivity index (χ4n) is 3.10. The minimum absolute atomic E-state index is 0.199. The van der Waals surface area contributed by atoms with E-state index in [0.29, 0.717) is 19.7 Å². The van der Waals surface area contributed by atoms with Gasteiger partial charge in [-0.2, -0.15) is 0 Å². The molecular formula is C18H28N2O2. The van der Waals surface area contributed by atoms with Crippen LogP contribution in [0.4, 0.5) is 0 Å². The second kappa shape index (κ2) is 8.91. The van der Waals surface area contributed by atoms with Crippen molar-refractivity contribution in [1.82, 2.24) is 10.2 Å². The Labute approximate surface area is 133 Å². The Bertz CT molecular complexity index is 476. The van der Waals surface area contributed by atoms with Gasteiger partial charge in [0.2, 0.25) is 5.91 Å². The van der Waals surface area contributed by atoms with Gasteiger partial charge < -0.3 is 15.0 Å². The molecule has 0 bridgehead atoms. The van der Waals surface area contributed by atoms with Gasteiger partial charge in [-0.05, 0) is 25.3 Å². The van der Waals surface area contributed by atoms with E-state index in [0.717, 1.165) is 19.4 Å². The van der Waals surface area contributed by atoms with Crippen LogP contribution in [0, 0.1) is 6.92 Å². The van der Waals surface area contributed by atoms with Crippen LogP contribution in [0.25, 0.3) is 0 Å². The van der Waals surface area contributed by atoms with Gasteiger partial charge in [-0.25, -0.2) is 0 Å². The molecule has 2 rings (SSSR count). The monoisotopic (exact) mass is 304 g/mol. The van der Waals surface area contributed by atoms with Crippen molar-refractivity contribution in [3.8, 4) is 0 Å². The van der Waals surface area contributed by atoms with Gasteiger partial charge in [0.1, 0.15) is 0 Å². The average molecular weight is 304 g/mol. The van der Waals surface area contributed by atoms with E-state index < -0.39 is 0 Å². The highest BCUT2D eigenvalue weighted by molar-refractivity contribution is 5.78. The van der Waals surface area contributed by atoms with E-state index in [1.54, 1.807) is 7.11 Å². The van der Waals surface area contributed by atoms with Crippen molar-refractivity contribution >= 4 is 5.91 Å². The molecule has 0 aliphatic carbocycles. The van der Waals surface area contributed by atoms with E-state index in [2.05, 4.69) is 41.4 Å². The number of carbonyl (C=O) groups excluding carboxylic acids is 1. The summed E-state index contributed by atoms with van der Waals surface area (Å²) in [5.41, 5.74) is 2.53. The number of nitrogens with zero attached hydrogens (tertiary/aromatic N) is 1. The number of hydrogen-bond donors (Lipinski definition) is 1. The average Bonchev–Trinajstić information content (AvgIpc) is 2.77. The summed E-state index contributed by atoms with van der Waals surface area (Å²) in [7, 11) is 1.67. The van der Waals surface area contributed by atoms with Crippen molar-refractivity contribution in [2.45, 2.75) is 38.6 Å². The molecule has 1 N–H and O–H groups in total. The number of nitrogens with one attached hydrogen (secondary N) is 1. The van der Waals surface area contributed by atoms with Gasteiger partial charge in [-0.1, -0.05) is 42.7 Å². The second-order valence-corrected chi connectivity index (χ2v) is 6.04. The lowest BCUT2D eigenvalue weighted by Crippen LogP contribution is -2.41. The predicted octanol–water partition coefficient (Wildman–Crippen LogP) is 2.67. The van der Waals surface area contributed by atoms with E-state index in [9.17, 15) is 4.79 Å². The summed E-state index contributed by atoms with van der Waals surface area (Å²) in [5, 5.41) is 3.17. The normalized spacial score (nSPS) is 19.0. The zero-order valence-corrected chi connectivity index (χ0v) is 13.8. The van der Waals surface area contributed by atoms with E-state index in [-0.39, 0.29) is 11.9 Å². The Hall–Kier alpha value is -1.39. The summed E-state index contributed by atoms with van der Waals surface area (Å²) in [6, 6.07) is 8.79. The third-order valence-electron chi connectivity index (χ3n) is 4.26. The number of ether oxygens (including phenoxy) is 1. The van der Waals surface area contributed by atoms with Crippen molar-refractivity contribution in [2.75, 3.05) is 33.4 Å². The van der Waals surface area contributed by atoms with Crippen LogP contribution in [0.2, 0.25) is 0 Å². The van der Waals surface area contributed by atoms with Crippen molar-refractivity contribution in [3.05, 3.63) is 35.4 Å². The molecule has 22 heavy (non-hydrogen) atoms. The summed E-state index contributed by atoms with van der Waals surface area (Å²) in [5.74, 6) is 0.199. The topological polar surface area (TPSA) is 41.6 Å². The maximum absolute atomic E-state index is 12.6. The standard InChI is InChI=1S/C18H28N2O2/c1-15-7-6-8-16(13-15)17-9-4-3-5-11-20(17)18(21)14-19-10-12-22-2/h6-8,13,17,19H,3-5,9-12,14H2,1-2H3. The van der Waals surface area contributed by atoms with Crippen LogP contribution >= 0.6 is 0 Å². The SMILES string of the molecule is COCCNCC(=O)N1CCCCCC1c1cccc(C)c1. The summed E-state index contributed by atoms with van der Waals surface area (Å²) in [6.07, 6.45) is 4.57. The zero-order valence-electron chi connectivity index (χ0n) is 13.8. The number of carbonyl (C=O) groups is 1. The van der Waals surface area contributed by atoms with E-state index in [1.807, 2.05) is 0 Å². The second-order valence-electron chi connectivity index (χ2n) is 6.04. The van der Waals surface area contributed by atoms with Crippen molar-refractivity contribution in [2.24, 2.45) is 0 Å². The van der Waals surface area contributed by atoms with Gasteiger partial charge in [-0.3, -0.25) is 4.79 Å². The molecule has 1 atom stereocenters. The summed E-state index contributed by atoms with van der Waals surface area (Å²) < 4.78 is 5.01. The number of amides is 1. The van der Waals surface area contributed by atoms with Crippen molar-refractivity contribution < 1.29 is 9.53 Å². The molecule has 1 amide bonds. The summed E-state index contributed by atoms with van der Waals surface area (Å²) in [6.45, 7) is 4.72. The maximum atomic E-state index is 12.6. The minimum Gasteiger partial charge on any atom is -0.383 e. The fourth-order valence-corrected chi connectivity index (χ4v) is 3.10. The lowest BCUT2D eigenvalue weighted by Gasteiger charge is -2.31. The highest BCUT2D eigenvalue weighted by atomic mass is 16.5. The minimum atomic E-state index is 0.199. The van der Waals surface area contributed by atoms with Gasteiger partial charge in [0.25, 0.3) is 0 Å². The molecule has 0 radical (unpaired) electrons. The van der Waals surface area contributed by atoms with Gasteiger partial charge in [-0.15, -0.1) is 0 Å². The summed E-state index contributed by atoms with van der Waals surface area (Å²) >= 11 is 0. The predicted molar refractivity (Wildman–Crippen MR) is 88.8 cm³/mol. The number of likely N-dealkylation sites (tertiary alicyclic amines) is 1. The number of benzene rings is 1. The largest absolute Gasteiger partial charge is 0.383 e. The first kappa shape index (κ1) is 17.0. The molecule has 0 aromatic heterocycles. The zero-order chi connectivity index (χ0) is 15.8. The molecule has 4 nitrogen and oxygen atoms in total. The molecule has 1 heterocycles. The van der Waals surface area contributed by atoms with Crippen LogP contribution < -0.4 is 5.32 Å². The smallest absolute Gasteiger partial charge is 0.237 e. The number of aryl methyl sites for hydroxylation is 1. The molecule has 1 saturated heterocycles. The van der Waals surface area contributed by atoms with Crippen LogP contribution in [0.15, 0.2) is 24.3 Å². The van der Waals surface area contributed by atoms with Gasteiger partial charge in [0.05, 0.1) is 19.2 Å². The highest BCUT2D eigenvalue weighted by Gasteiger charge is 2.26. The first-order valence-corrected chi connectivity index (χ1v) is 8.28. The van der Waals surface area contributed by atoms with Gasteiger partial charge in [0.15, 0.2) is 0 Å². The van der Waals surface area contributed by atoms with E-state index in [1.165, 1.54) is 24.0 Å². The molecule has 0 spiro atoms. The molecule has 1 aliphatic rings. The quantitative estimate of drug-likeness (QED) is 0.822. The lowest BCUT2D eigenvalue weighted by atomic mass is 9.99. The van der Waals surface area contributed by atoms with Crippen LogP contribution in [0.3, 0.4) is 0 Å². The Balaban J connectivity index is 2.05. The Kier molecular flexibility index (Phi) is 6.87. The molecular weight excluding hydrogens is 276 g/mol. The lowest BCUT2D eigenvalue weighted by molar-refractivity contribution is -0.132.